The summed E-state index contributed by atoms with van der Waals surface area (Å²) in [5.74, 6) is 0.156. The lowest BCUT2D eigenvalue weighted by Crippen LogP contribution is -2.17. The topological polar surface area (TPSA) is 0 Å². The maximum Gasteiger partial charge on any atom is 0.416 e. The zero-order valence-electron chi connectivity index (χ0n) is 15.5. The zero-order valence-corrected chi connectivity index (χ0v) is 15.5. The van der Waals surface area contributed by atoms with Crippen LogP contribution in [0.5, 0.6) is 0 Å². The highest BCUT2D eigenvalue weighted by molar-refractivity contribution is 5.75. The van der Waals surface area contributed by atoms with Gasteiger partial charge in [0.25, 0.3) is 0 Å². The number of rotatable bonds is 1. The molecule has 2 aliphatic rings. The Hall–Kier alpha value is -2.55. The van der Waals surface area contributed by atoms with E-state index < -0.39 is 11.7 Å². The third-order valence-electron chi connectivity index (χ3n) is 6.37. The lowest BCUT2D eigenvalue weighted by molar-refractivity contribution is -0.137. The van der Waals surface area contributed by atoms with Crippen LogP contribution in [-0.4, -0.2) is 0 Å². The van der Waals surface area contributed by atoms with Crippen LogP contribution in [0.1, 0.15) is 45.7 Å². The summed E-state index contributed by atoms with van der Waals surface area (Å²) in [5, 5.41) is 0. The predicted molar refractivity (Wildman–Crippen MR) is 105 cm³/mol. The Kier molecular flexibility index (Phi) is 4.08. The molecule has 0 spiro atoms. The Bertz CT molecular complexity index is 1050. The molecule has 0 aromatic heterocycles. The summed E-state index contributed by atoms with van der Waals surface area (Å²) in [5.41, 5.74) is 8.57. The van der Waals surface area contributed by atoms with Crippen LogP contribution < -0.4 is 0 Å². The minimum Gasteiger partial charge on any atom is -0.166 e. The van der Waals surface area contributed by atoms with Gasteiger partial charge < -0.3 is 0 Å². The molecule has 5 rings (SSSR count). The fraction of sp³-hybridized carbons (Fsp3) is 0.280. The summed E-state index contributed by atoms with van der Waals surface area (Å²) in [4.78, 5) is 0. The van der Waals surface area contributed by atoms with Gasteiger partial charge in [-0.3, -0.25) is 0 Å². The lowest BCUT2D eigenvalue weighted by atomic mass is 9.74. The van der Waals surface area contributed by atoms with Gasteiger partial charge in [-0.1, -0.05) is 54.6 Å². The van der Waals surface area contributed by atoms with Gasteiger partial charge in [0.15, 0.2) is 0 Å². The molecule has 3 heteroatoms. The van der Waals surface area contributed by atoms with Crippen molar-refractivity contribution in [1.29, 1.82) is 0 Å². The van der Waals surface area contributed by atoms with Crippen LogP contribution >= 0.6 is 0 Å². The normalized spacial score (nSPS) is 18.2. The Morgan fingerprint density at radius 2 is 1.57 bits per heavy atom. The van der Waals surface area contributed by atoms with E-state index >= 15 is 0 Å². The number of halogens is 3. The molecule has 1 atom stereocenters. The molecule has 0 N–H and O–H groups in total. The van der Waals surface area contributed by atoms with Crippen molar-refractivity contribution in [2.45, 2.75) is 44.2 Å². The van der Waals surface area contributed by atoms with E-state index in [2.05, 4.69) is 36.4 Å². The van der Waals surface area contributed by atoms with Gasteiger partial charge in [-0.25, -0.2) is 0 Å². The Labute approximate surface area is 163 Å². The molecule has 0 nitrogen and oxygen atoms in total. The van der Waals surface area contributed by atoms with Crippen LogP contribution in [0, 0.1) is 0 Å². The van der Waals surface area contributed by atoms with Crippen molar-refractivity contribution >= 4 is 0 Å². The molecule has 0 heterocycles. The van der Waals surface area contributed by atoms with Crippen molar-refractivity contribution < 1.29 is 13.2 Å². The smallest absolute Gasteiger partial charge is 0.166 e. The third-order valence-corrected chi connectivity index (χ3v) is 6.37. The molecule has 0 bridgehead atoms. The molecule has 3 aromatic rings. The molecule has 0 saturated carbocycles. The molecule has 0 saturated heterocycles. The zero-order chi connectivity index (χ0) is 19.3. The van der Waals surface area contributed by atoms with Crippen molar-refractivity contribution in [2.24, 2.45) is 0 Å². The van der Waals surface area contributed by atoms with E-state index in [0.717, 1.165) is 43.7 Å². The van der Waals surface area contributed by atoms with Crippen molar-refractivity contribution in [1.82, 2.24) is 0 Å². The standard InChI is InChI=1S/C25H21F3/c26-25(27,28)20-6-3-5-17(15-20)18-9-11-22-19(14-18)10-13-23-21-7-2-1-4-16(21)8-12-24(22)23/h1-7,10,13,15,18H,8-9,11-12,14H2. The van der Waals surface area contributed by atoms with Crippen molar-refractivity contribution in [3.63, 3.8) is 0 Å². The van der Waals surface area contributed by atoms with Crippen LogP contribution in [0.25, 0.3) is 11.1 Å². The number of benzene rings is 3. The number of aryl methyl sites for hydroxylation is 1. The van der Waals surface area contributed by atoms with Crippen LogP contribution in [0.4, 0.5) is 13.2 Å². The second kappa shape index (κ2) is 6.51. The molecule has 3 aromatic carbocycles. The summed E-state index contributed by atoms with van der Waals surface area (Å²) in [6.45, 7) is 0. The fourth-order valence-electron chi connectivity index (χ4n) is 4.98. The van der Waals surface area contributed by atoms with Gasteiger partial charge in [-0.05, 0) is 83.0 Å². The first-order valence-corrected chi connectivity index (χ1v) is 9.90. The van der Waals surface area contributed by atoms with Gasteiger partial charge in [-0.2, -0.15) is 13.2 Å². The molecule has 0 radical (unpaired) electrons. The summed E-state index contributed by atoms with van der Waals surface area (Å²) in [6.07, 6.45) is 0.523. The fourth-order valence-corrected chi connectivity index (χ4v) is 4.98. The van der Waals surface area contributed by atoms with Gasteiger partial charge in [0.1, 0.15) is 0 Å². The molecule has 0 aliphatic heterocycles. The average Bonchev–Trinajstić information content (AvgIpc) is 2.72. The lowest BCUT2D eigenvalue weighted by Gasteiger charge is -2.30. The first-order valence-electron chi connectivity index (χ1n) is 9.90. The highest BCUT2D eigenvalue weighted by Gasteiger charge is 2.32. The minimum atomic E-state index is -4.28. The first kappa shape index (κ1) is 17.5. The van der Waals surface area contributed by atoms with E-state index in [1.807, 2.05) is 6.07 Å². The Morgan fingerprint density at radius 1 is 0.714 bits per heavy atom. The number of alkyl halides is 3. The van der Waals surface area contributed by atoms with E-state index in [9.17, 15) is 13.2 Å². The van der Waals surface area contributed by atoms with Gasteiger partial charge in [0.2, 0.25) is 0 Å². The second-order valence-electron chi connectivity index (χ2n) is 7.95. The summed E-state index contributed by atoms with van der Waals surface area (Å²) < 4.78 is 39.3. The second-order valence-corrected chi connectivity index (χ2v) is 7.95. The minimum absolute atomic E-state index is 0.156. The Morgan fingerprint density at radius 3 is 2.43 bits per heavy atom. The molecule has 28 heavy (non-hydrogen) atoms. The summed E-state index contributed by atoms with van der Waals surface area (Å²) in [7, 11) is 0. The molecule has 0 amide bonds. The predicted octanol–water partition coefficient (Wildman–Crippen LogP) is 6.74. The van der Waals surface area contributed by atoms with Gasteiger partial charge in [0.05, 0.1) is 5.56 Å². The third kappa shape index (κ3) is 2.94. The van der Waals surface area contributed by atoms with E-state index in [1.165, 1.54) is 45.5 Å². The average molecular weight is 378 g/mol. The van der Waals surface area contributed by atoms with Crippen LogP contribution in [0.2, 0.25) is 0 Å². The quantitative estimate of drug-likeness (QED) is 0.440. The largest absolute Gasteiger partial charge is 0.416 e. The molecular weight excluding hydrogens is 357 g/mol. The van der Waals surface area contributed by atoms with E-state index in [0.29, 0.717) is 0 Å². The molecular formula is C25H21F3. The maximum absolute atomic E-state index is 13.1. The van der Waals surface area contributed by atoms with Crippen LogP contribution in [0.3, 0.4) is 0 Å². The van der Waals surface area contributed by atoms with Crippen molar-refractivity contribution in [2.75, 3.05) is 0 Å². The summed E-state index contributed by atoms with van der Waals surface area (Å²) in [6, 6.07) is 18.9. The molecule has 142 valence electrons. The first-order chi connectivity index (χ1) is 13.5. The van der Waals surface area contributed by atoms with E-state index in [4.69, 9.17) is 0 Å². The SMILES string of the molecule is FC(F)(F)c1cccc(C2CCc3c(ccc4c3CCc3ccccc3-4)C2)c1. The van der Waals surface area contributed by atoms with Gasteiger partial charge >= 0.3 is 6.18 Å². The maximum atomic E-state index is 13.1. The molecule has 1 unspecified atom stereocenters. The van der Waals surface area contributed by atoms with Gasteiger partial charge in [-0.15, -0.1) is 0 Å². The van der Waals surface area contributed by atoms with E-state index in [1.54, 1.807) is 0 Å². The molecule has 0 fully saturated rings. The molecule has 2 aliphatic carbocycles. The number of hydrogen-bond donors (Lipinski definition) is 0. The van der Waals surface area contributed by atoms with Crippen molar-refractivity contribution in [3.8, 4) is 11.1 Å². The highest BCUT2D eigenvalue weighted by atomic mass is 19.4. The summed E-state index contributed by atoms with van der Waals surface area (Å²) >= 11 is 0. The Balaban J connectivity index is 1.49. The monoisotopic (exact) mass is 378 g/mol. The van der Waals surface area contributed by atoms with E-state index in [-0.39, 0.29) is 5.92 Å². The van der Waals surface area contributed by atoms with Crippen LogP contribution in [-0.2, 0) is 31.9 Å². The highest BCUT2D eigenvalue weighted by Crippen LogP contribution is 2.42. The van der Waals surface area contributed by atoms with Crippen molar-refractivity contribution in [3.05, 3.63) is 94.0 Å². The number of hydrogen-bond acceptors (Lipinski definition) is 0. The van der Waals surface area contributed by atoms with Crippen LogP contribution in [0.15, 0.2) is 60.7 Å². The number of fused-ring (bicyclic) bond motifs is 5. The van der Waals surface area contributed by atoms with Gasteiger partial charge in [0, 0.05) is 0 Å².